The van der Waals surface area contributed by atoms with Crippen molar-refractivity contribution in [2.45, 2.75) is 19.0 Å². The van der Waals surface area contributed by atoms with Crippen LogP contribution in [0.4, 0.5) is 8.78 Å². The molecule has 0 aromatic heterocycles. The van der Waals surface area contributed by atoms with Crippen LogP contribution in [0.25, 0.3) is 0 Å². The molecule has 0 unspecified atom stereocenters. The molecule has 0 bridgehead atoms. The highest BCUT2D eigenvalue weighted by molar-refractivity contribution is 5.95. The van der Waals surface area contributed by atoms with Gasteiger partial charge in [0.25, 0.3) is 5.91 Å². The Balaban J connectivity index is 1.63. The summed E-state index contributed by atoms with van der Waals surface area (Å²) in [5.41, 5.74) is 0.872. The minimum atomic E-state index is -0.672. The van der Waals surface area contributed by atoms with Crippen molar-refractivity contribution in [1.82, 2.24) is 10.2 Å². The van der Waals surface area contributed by atoms with Crippen molar-refractivity contribution in [3.05, 3.63) is 70.8 Å². The standard InChI is InChI=1S/C19H15F2N3O2/c20-15-3-1-12(2-4-15)10-24-11-17(8-18(24)25)23-19(26)14-5-13(9-22)6-16(21)7-14/h1-7,17H,8,10-11H2,(H,23,26)/t17-/m1/s1. The summed E-state index contributed by atoms with van der Waals surface area (Å²) in [6.45, 7) is 0.631. The van der Waals surface area contributed by atoms with Gasteiger partial charge in [-0.1, -0.05) is 12.1 Å². The summed E-state index contributed by atoms with van der Waals surface area (Å²) in [5.74, 6) is -1.69. The molecule has 1 saturated heterocycles. The molecular formula is C19H15F2N3O2. The van der Waals surface area contributed by atoms with E-state index in [1.807, 2.05) is 0 Å². The molecule has 1 aliphatic heterocycles. The number of benzene rings is 2. The minimum Gasteiger partial charge on any atom is -0.347 e. The van der Waals surface area contributed by atoms with E-state index in [1.54, 1.807) is 23.1 Å². The van der Waals surface area contributed by atoms with E-state index in [9.17, 15) is 18.4 Å². The highest BCUT2D eigenvalue weighted by Crippen LogP contribution is 2.17. The second-order valence-corrected chi connectivity index (χ2v) is 6.12. The number of nitrogens with one attached hydrogen (secondary N) is 1. The van der Waals surface area contributed by atoms with Gasteiger partial charge < -0.3 is 10.2 Å². The maximum Gasteiger partial charge on any atom is 0.251 e. The molecule has 26 heavy (non-hydrogen) atoms. The van der Waals surface area contributed by atoms with Gasteiger partial charge in [-0.25, -0.2) is 8.78 Å². The molecule has 2 amide bonds. The minimum absolute atomic E-state index is 0.0333. The Kier molecular flexibility index (Phi) is 4.94. The maximum absolute atomic E-state index is 13.5. The van der Waals surface area contributed by atoms with E-state index in [0.29, 0.717) is 13.1 Å². The van der Waals surface area contributed by atoms with Crippen LogP contribution in [0.15, 0.2) is 42.5 Å². The number of halogens is 2. The largest absolute Gasteiger partial charge is 0.347 e. The van der Waals surface area contributed by atoms with Crippen molar-refractivity contribution in [3.63, 3.8) is 0 Å². The average Bonchev–Trinajstić information content (AvgIpc) is 2.95. The number of hydrogen-bond acceptors (Lipinski definition) is 3. The summed E-state index contributed by atoms with van der Waals surface area (Å²) < 4.78 is 26.4. The SMILES string of the molecule is N#Cc1cc(F)cc(C(=O)N[C@@H]2CC(=O)N(Cc3ccc(F)cc3)C2)c1. The van der Waals surface area contributed by atoms with Gasteiger partial charge in [0.1, 0.15) is 11.6 Å². The molecule has 1 aliphatic rings. The van der Waals surface area contributed by atoms with E-state index in [4.69, 9.17) is 5.26 Å². The van der Waals surface area contributed by atoms with Gasteiger partial charge in [-0.05, 0) is 35.9 Å². The molecule has 2 aromatic carbocycles. The summed E-state index contributed by atoms with van der Waals surface area (Å²) in [6.07, 6.45) is 0.132. The third-order valence-corrected chi connectivity index (χ3v) is 4.13. The molecule has 132 valence electrons. The number of nitriles is 1. The van der Waals surface area contributed by atoms with E-state index in [0.717, 1.165) is 17.7 Å². The van der Waals surface area contributed by atoms with Gasteiger partial charge in [-0.3, -0.25) is 9.59 Å². The summed E-state index contributed by atoms with van der Waals surface area (Å²) in [4.78, 5) is 26.0. The molecule has 7 heteroatoms. The van der Waals surface area contributed by atoms with Crippen LogP contribution in [0.2, 0.25) is 0 Å². The Morgan fingerprint density at radius 1 is 1.19 bits per heavy atom. The van der Waals surface area contributed by atoms with Crippen molar-refractivity contribution in [1.29, 1.82) is 5.26 Å². The van der Waals surface area contributed by atoms with Crippen molar-refractivity contribution in [2.24, 2.45) is 0 Å². The van der Waals surface area contributed by atoms with Gasteiger partial charge in [0.05, 0.1) is 17.7 Å². The maximum atomic E-state index is 13.5. The third-order valence-electron chi connectivity index (χ3n) is 4.13. The van der Waals surface area contributed by atoms with Crippen LogP contribution in [0.5, 0.6) is 0 Å². The normalized spacial score (nSPS) is 16.4. The number of hydrogen-bond donors (Lipinski definition) is 1. The number of amides is 2. The number of rotatable bonds is 4. The van der Waals surface area contributed by atoms with E-state index < -0.39 is 17.8 Å². The highest BCUT2D eigenvalue weighted by Gasteiger charge is 2.30. The van der Waals surface area contributed by atoms with E-state index in [1.165, 1.54) is 18.2 Å². The van der Waals surface area contributed by atoms with Gasteiger partial charge >= 0.3 is 0 Å². The van der Waals surface area contributed by atoms with E-state index >= 15 is 0 Å². The number of carbonyl (C=O) groups is 2. The molecular weight excluding hydrogens is 340 g/mol. The molecule has 0 radical (unpaired) electrons. The monoisotopic (exact) mass is 355 g/mol. The van der Waals surface area contributed by atoms with Crippen LogP contribution >= 0.6 is 0 Å². The Labute approximate surface area is 148 Å². The zero-order valence-electron chi connectivity index (χ0n) is 13.7. The molecule has 1 fully saturated rings. The van der Waals surface area contributed by atoms with Crippen LogP contribution < -0.4 is 5.32 Å². The predicted octanol–water partition coefficient (Wildman–Crippen LogP) is 2.37. The van der Waals surface area contributed by atoms with Gasteiger partial charge in [0, 0.05) is 25.1 Å². The van der Waals surface area contributed by atoms with Crippen LogP contribution in [-0.4, -0.2) is 29.3 Å². The van der Waals surface area contributed by atoms with E-state index in [2.05, 4.69) is 5.32 Å². The Bertz CT molecular complexity index is 891. The Morgan fingerprint density at radius 3 is 2.62 bits per heavy atom. The molecule has 3 rings (SSSR count). The summed E-state index contributed by atoms with van der Waals surface area (Å²) in [6, 6.07) is 10.6. The molecule has 5 nitrogen and oxygen atoms in total. The second-order valence-electron chi connectivity index (χ2n) is 6.12. The first-order valence-electron chi connectivity index (χ1n) is 7.98. The topological polar surface area (TPSA) is 73.2 Å². The Morgan fingerprint density at radius 2 is 1.92 bits per heavy atom. The van der Waals surface area contributed by atoms with Crippen LogP contribution in [0, 0.1) is 23.0 Å². The van der Waals surface area contributed by atoms with Crippen LogP contribution in [0.1, 0.15) is 27.9 Å². The fraction of sp³-hybridized carbons (Fsp3) is 0.211. The molecule has 1 heterocycles. The zero-order chi connectivity index (χ0) is 18.7. The number of likely N-dealkylation sites (tertiary alicyclic amines) is 1. The average molecular weight is 355 g/mol. The highest BCUT2D eigenvalue weighted by atomic mass is 19.1. The van der Waals surface area contributed by atoms with Crippen LogP contribution in [0.3, 0.4) is 0 Å². The zero-order valence-corrected chi connectivity index (χ0v) is 13.7. The molecule has 1 N–H and O–H groups in total. The van der Waals surface area contributed by atoms with E-state index in [-0.39, 0.29) is 29.3 Å². The first-order valence-corrected chi connectivity index (χ1v) is 7.98. The third kappa shape index (κ3) is 4.03. The number of carbonyl (C=O) groups excluding carboxylic acids is 2. The van der Waals surface area contributed by atoms with Crippen molar-refractivity contribution >= 4 is 11.8 Å². The Hall–Kier alpha value is -3.27. The molecule has 0 aliphatic carbocycles. The van der Waals surface area contributed by atoms with Gasteiger partial charge in [-0.2, -0.15) is 5.26 Å². The number of nitrogens with zero attached hydrogens (tertiary/aromatic N) is 2. The predicted molar refractivity (Wildman–Crippen MR) is 88.8 cm³/mol. The molecule has 1 atom stereocenters. The second kappa shape index (κ2) is 7.31. The van der Waals surface area contributed by atoms with Gasteiger partial charge in [0.15, 0.2) is 0 Å². The molecule has 0 saturated carbocycles. The summed E-state index contributed by atoms with van der Waals surface area (Å²) in [7, 11) is 0. The quantitative estimate of drug-likeness (QED) is 0.915. The molecule has 2 aromatic rings. The lowest BCUT2D eigenvalue weighted by atomic mass is 10.1. The van der Waals surface area contributed by atoms with Gasteiger partial charge in [-0.15, -0.1) is 0 Å². The lowest BCUT2D eigenvalue weighted by molar-refractivity contribution is -0.128. The fourth-order valence-corrected chi connectivity index (χ4v) is 2.89. The summed E-state index contributed by atoms with van der Waals surface area (Å²) in [5, 5.41) is 11.5. The first-order chi connectivity index (χ1) is 12.4. The fourth-order valence-electron chi connectivity index (χ4n) is 2.89. The molecule has 0 spiro atoms. The van der Waals surface area contributed by atoms with Crippen LogP contribution in [-0.2, 0) is 11.3 Å². The smallest absolute Gasteiger partial charge is 0.251 e. The van der Waals surface area contributed by atoms with Crippen molar-refractivity contribution in [3.8, 4) is 6.07 Å². The lowest BCUT2D eigenvalue weighted by Crippen LogP contribution is -2.37. The van der Waals surface area contributed by atoms with Crippen molar-refractivity contribution < 1.29 is 18.4 Å². The summed E-state index contributed by atoms with van der Waals surface area (Å²) >= 11 is 0. The lowest BCUT2D eigenvalue weighted by Gasteiger charge is -2.17. The first kappa shape index (κ1) is 17.5. The van der Waals surface area contributed by atoms with Crippen molar-refractivity contribution in [2.75, 3.05) is 6.54 Å². The van der Waals surface area contributed by atoms with Gasteiger partial charge in [0.2, 0.25) is 5.91 Å².